The van der Waals surface area contributed by atoms with Crippen molar-refractivity contribution in [1.82, 2.24) is 4.90 Å². The Labute approximate surface area is 104 Å². The molecule has 1 aromatic heterocycles. The maximum Gasteiger partial charge on any atom is 0.117 e. The van der Waals surface area contributed by atoms with Crippen LogP contribution in [0.5, 0.6) is 0 Å². The number of hydrogen-bond donors (Lipinski definition) is 1. The molecule has 2 nitrogen and oxygen atoms in total. The maximum absolute atomic E-state index is 5.36. The van der Waals surface area contributed by atoms with E-state index >= 15 is 0 Å². The second kappa shape index (κ2) is 8.71. The van der Waals surface area contributed by atoms with E-state index in [1.807, 2.05) is 12.1 Å². The van der Waals surface area contributed by atoms with Crippen molar-refractivity contribution in [2.24, 2.45) is 0 Å². The molecule has 3 heteroatoms. The molecular formula is C13H23NOS. The van der Waals surface area contributed by atoms with Crippen LogP contribution in [-0.4, -0.2) is 23.7 Å². The van der Waals surface area contributed by atoms with Gasteiger partial charge in [0.2, 0.25) is 0 Å². The standard InChI is InChI=1S/C13H23NOS/c1-2-14(9-5-3-4-6-11-16)12-13-8-7-10-15-13/h7-8,10,16H,2-6,9,11-12H2,1H3. The molecule has 0 saturated heterocycles. The van der Waals surface area contributed by atoms with Crippen LogP contribution in [0.1, 0.15) is 38.4 Å². The lowest BCUT2D eigenvalue weighted by atomic mass is 10.2. The molecule has 0 radical (unpaired) electrons. The molecular weight excluding hydrogens is 218 g/mol. The first-order chi connectivity index (χ1) is 7.86. The Morgan fingerprint density at radius 2 is 2.06 bits per heavy atom. The Morgan fingerprint density at radius 3 is 2.69 bits per heavy atom. The molecule has 0 spiro atoms. The van der Waals surface area contributed by atoms with Gasteiger partial charge in [0.1, 0.15) is 5.76 Å². The molecule has 0 saturated carbocycles. The topological polar surface area (TPSA) is 16.4 Å². The fourth-order valence-electron chi connectivity index (χ4n) is 1.77. The van der Waals surface area contributed by atoms with Gasteiger partial charge in [-0.2, -0.15) is 12.6 Å². The van der Waals surface area contributed by atoms with Gasteiger partial charge in [-0.25, -0.2) is 0 Å². The number of nitrogens with zero attached hydrogens (tertiary/aromatic N) is 1. The van der Waals surface area contributed by atoms with Gasteiger partial charge in [0, 0.05) is 0 Å². The molecule has 0 aromatic carbocycles. The minimum atomic E-state index is 0.941. The van der Waals surface area contributed by atoms with E-state index in [1.165, 1.54) is 32.2 Å². The Morgan fingerprint density at radius 1 is 1.25 bits per heavy atom. The van der Waals surface area contributed by atoms with E-state index in [0.29, 0.717) is 0 Å². The third kappa shape index (κ3) is 5.61. The predicted molar refractivity (Wildman–Crippen MR) is 72.0 cm³/mol. The van der Waals surface area contributed by atoms with Crippen LogP contribution >= 0.6 is 12.6 Å². The minimum absolute atomic E-state index is 0.941. The van der Waals surface area contributed by atoms with Crippen LogP contribution in [0.3, 0.4) is 0 Å². The van der Waals surface area contributed by atoms with Crippen molar-refractivity contribution in [3.05, 3.63) is 24.2 Å². The molecule has 0 unspecified atom stereocenters. The summed E-state index contributed by atoms with van der Waals surface area (Å²) < 4.78 is 5.36. The number of unbranched alkanes of at least 4 members (excludes halogenated alkanes) is 3. The van der Waals surface area contributed by atoms with Crippen molar-refractivity contribution in [2.75, 3.05) is 18.8 Å². The summed E-state index contributed by atoms with van der Waals surface area (Å²) in [5.74, 6) is 2.08. The van der Waals surface area contributed by atoms with Gasteiger partial charge < -0.3 is 4.42 Å². The van der Waals surface area contributed by atoms with E-state index in [-0.39, 0.29) is 0 Å². The Hall–Kier alpha value is -0.410. The Balaban J connectivity index is 2.12. The fraction of sp³-hybridized carbons (Fsp3) is 0.692. The lowest BCUT2D eigenvalue weighted by molar-refractivity contribution is 0.250. The highest BCUT2D eigenvalue weighted by Crippen LogP contribution is 2.08. The summed E-state index contributed by atoms with van der Waals surface area (Å²) >= 11 is 4.22. The molecule has 0 atom stereocenters. The number of furan rings is 1. The van der Waals surface area contributed by atoms with Gasteiger partial charge in [-0.3, -0.25) is 4.90 Å². The lowest BCUT2D eigenvalue weighted by Gasteiger charge is -2.18. The van der Waals surface area contributed by atoms with Gasteiger partial charge in [0.05, 0.1) is 12.8 Å². The lowest BCUT2D eigenvalue weighted by Crippen LogP contribution is -2.23. The molecule has 1 rings (SSSR count). The summed E-state index contributed by atoms with van der Waals surface area (Å²) in [5.41, 5.74) is 0. The molecule has 0 bridgehead atoms. The molecule has 92 valence electrons. The van der Waals surface area contributed by atoms with E-state index in [4.69, 9.17) is 4.42 Å². The summed E-state index contributed by atoms with van der Waals surface area (Å²) in [6, 6.07) is 4.00. The predicted octanol–water partition coefficient (Wildman–Crippen LogP) is 3.59. The van der Waals surface area contributed by atoms with Crippen LogP contribution in [0.4, 0.5) is 0 Å². The summed E-state index contributed by atoms with van der Waals surface area (Å²) in [6.07, 6.45) is 6.89. The fourth-order valence-corrected chi connectivity index (χ4v) is 2.00. The number of hydrogen-bond acceptors (Lipinski definition) is 3. The van der Waals surface area contributed by atoms with Crippen LogP contribution < -0.4 is 0 Å². The van der Waals surface area contributed by atoms with Crippen LogP contribution in [0, 0.1) is 0 Å². The quantitative estimate of drug-likeness (QED) is 0.525. The highest BCUT2D eigenvalue weighted by Gasteiger charge is 2.04. The largest absolute Gasteiger partial charge is 0.468 e. The first-order valence-corrected chi connectivity index (χ1v) is 6.85. The number of thiol groups is 1. The smallest absolute Gasteiger partial charge is 0.117 e. The molecule has 0 N–H and O–H groups in total. The van der Waals surface area contributed by atoms with Crippen LogP contribution in [0.2, 0.25) is 0 Å². The molecule has 16 heavy (non-hydrogen) atoms. The molecule has 1 heterocycles. The van der Waals surface area contributed by atoms with Gasteiger partial charge in [-0.15, -0.1) is 0 Å². The average molecular weight is 241 g/mol. The summed E-state index contributed by atoms with van der Waals surface area (Å²) in [5, 5.41) is 0. The van der Waals surface area contributed by atoms with Gasteiger partial charge in [-0.1, -0.05) is 19.8 Å². The zero-order chi connectivity index (χ0) is 11.6. The van der Waals surface area contributed by atoms with Crippen molar-refractivity contribution in [2.45, 2.75) is 39.2 Å². The van der Waals surface area contributed by atoms with Crippen molar-refractivity contribution in [3.8, 4) is 0 Å². The molecule has 0 aliphatic rings. The van der Waals surface area contributed by atoms with E-state index < -0.39 is 0 Å². The van der Waals surface area contributed by atoms with E-state index in [0.717, 1.165) is 24.6 Å². The second-order valence-corrected chi connectivity index (χ2v) is 4.53. The normalized spacial score (nSPS) is 11.2. The molecule has 0 fully saturated rings. The van der Waals surface area contributed by atoms with E-state index in [2.05, 4.69) is 24.5 Å². The van der Waals surface area contributed by atoms with Gasteiger partial charge >= 0.3 is 0 Å². The Kier molecular flexibility index (Phi) is 7.43. The van der Waals surface area contributed by atoms with Crippen molar-refractivity contribution >= 4 is 12.6 Å². The third-order valence-electron chi connectivity index (χ3n) is 2.79. The highest BCUT2D eigenvalue weighted by atomic mass is 32.1. The maximum atomic E-state index is 5.36. The van der Waals surface area contributed by atoms with E-state index in [9.17, 15) is 0 Å². The average Bonchev–Trinajstić information content (AvgIpc) is 2.80. The van der Waals surface area contributed by atoms with Crippen LogP contribution in [-0.2, 0) is 6.54 Å². The third-order valence-corrected chi connectivity index (χ3v) is 3.11. The highest BCUT2D eigenvalue weighted by molar-refractivity contribution is 7.80. The zero-order valence-electron chi connectivity index (χ0n) is 10.2. The van der Waals surface area contributed by atoms with Crippen LogP contribution in [0.25, 0.3) is 0 Å². The molecule has 0 aliphatic heterocycles. The van der Waals surface area contributed by atoms with Crippen molar-refractivity contribution in [1.29, 1.82) is 0 Å². The summed E-state index contributed by atoms with van der Waals surface area (Å²) in [7, 11) is 0. The SMILES string of the molecule is CCN(CCCCCCS)Cc1ccco1. The monoisotopic (exact) mass is 241 g/mol. The van der Waals surface area contributed by atoms with Gasteiger partial charge in [0.15, 0.2) is 0 Å². The minimum Gasteiger partial charge on any atom is -0.468 e. The Bertz CT molecular complexity index is 248. The summed E-state index contributed by atoms with van der Waals surface area (Å²) in [6.45, 7) is 5.41. The van der Waals surface area contributed by atoms with Gasteiger partial charge in [-0.05, 0) is 43.8 Å². The molecule has 0 amide bonds. The number of rotatable bonds is 9. The molecule has 0 aliphatic carbocycles. The zero-order valence-corrected chi connectivity index (χ0v) is 11.1. The van der Waals surface area contributed by atoms with Crippen LogP contribution in [0.15, 0.2) is 22.8 Å². The first-order valence-electron chi connectivity index (χ1n) is 6.22. The van der Waals surface area contributed by atoms with Crippen molar-refractivity contribution in [3.63, 3.8) is 0 Å². The van der Waals surface area contributed by atoms with Crippen molar-refractivity contribution < 1.29 is 4.42 Å². The van der Waals surface area contributed by atoms with Gasteiger partial charge in [0.25, 0.3) is 0 Å². The van der Waals surface area contributed by atoms with E-state index in [1.54, 1.807) is 6.26 Å². The second-order valence-electron chi connectivity index (χ2n) is 4.09. The first kappa shape index (κ1) is 13.7. The molecule has 1 aromatic rings. The summed E-state index contributed by atoms with van der Waals surface area (Å²) in [4.78, 5) is 2.43.